The highest BCUT2D eigenvalue weighted by Crippen LogP contribution is 2.31. The molecule has 0 aliphatic heterocycles. The Bertz CT molecular complexity index is 623. The van der Waals surface area contributed by atoms with Crippen molar-refractivity contribution in [3.05, 3.63) is 58.6 Å². The molecule has 0 spiro atoms. The third-order valence-corrected chi connectivity index (χ3v) is 4.33. The molecule has 0 atom stereocenters. The predicted molar refractivity (Wildman–Crippen MR) is 87.4 cm³/mol. The molecule has 0 aliphatic carbocycles. The maximum atomic E-state index is 11.8. The lowest BCUT2D eigenvalue weighted by atomic mass is 10.2. The molecule has 21 heavy (non-hydrogen) atoms. The molecule has 110 valence electrons. The number of carbonyl (C=O) groups excluding carboxylic acids is 1. The van der Waals surface area contributed by atoms with E-state index in [1.165, 1.54) is 5.56 Å². The first-order valence-electron chi connectivity index (χ1n) is 6.87. The van der Waals surface area contributed by atoms with Crippen LogP contribution in [-0.2, 0) is 11.2 Å². The molecule has 0 saturated heterocycles. The topological polar surface area (TPSA) is 26.3 Å². The molecule has 0 aliphatic rings. The molecule has 4 heteroatoms. The summed E-state index contributed by atoms with van der Waals surface area (Å²) in [7, 11) is 0. The van der Waals surface area contributed by atoms with Gasteiger partial charge in [0, 0.05) is 9.79 Å². The van der Waals surface area contributed by atoms with E-state index in [9.17, 15) is 4.79 Å². The van der Waals surface area contributed by atoms with Gasteiger partial charge in [-0.3, -0.25) is 0 Å². The number of carbonyl (C=O) groups is 1. The highest BCUT2D eigenvalue weighted by atomic mass is 35.5. The van der Waals surface area contributed by atoms with E-state index in [0.29, 0.717) is 17.2 Å². The smallest absolute Gasteiger partial charge is 0.339 e. The van der Waals surface area contributed by atoms with Gasteiger partial charge in [0.15, 0.2) is 0 Å². The Morgan fingerprint density at radius 2 is 1.76 bits per heavy atom. The first kappa shape index (κ1) is 15.9. The van der Waals surface area contributed by atoms with Crippen LogP contribution in [-0.4, -0.2) is 12.6 Å². The van der Waals surface area contributed by atoms with Crippen molar-refractivity contribution in [3.8, 4) is 0 Å². The second-order valence-corrected chi connectivity index (χ2v) is 6.02. The summed E-state index contributed by atoms with van der Waals surface area (Å²) < 4.78 is 5.01. The average molecular weight is 321 g/mol. The molecule has 2 nitrogen and oxygen atoms in total. The van der Waals surface area contributed by atoms with Crippen LogP contribution in [0.5, 0.6) is 0 Å². The normalized spacial score (nSPS) is 10.4. The van der Waals surface area contributed by atoms with Crippen LogP contribution in [0, 0.1) is 0 Å². The monoisotopic (exact) mass is 320 g/mol. The van der Waals surface area contributed by atoms with E-state index in [1.54, 1.807) is 30.8 Å². The van der Waals surface area contributed by atoms with Crippen molar-refractivity contribution < 1.29 is 9.53 Å². The molecule has 0 N–H and O–H groups in total. The van der Waals surface area contributed by atoms with Crippen molar-refractivity contribution in [1.29, 1.82) is 0 Å². The van der Waals surface area contributed by atoms with Crippen molar-refractivity contribution in [1.82, 2.24) is 0 Å². The number of benzene rings is 2. The number of rotatable bonds is 5. The van der Waals surface area contributed by atoms with Crippen LogP contribution in [0.25, 0.3) is 0 Å². The summed E-state index contributed by atoms with van der Waals surface area (Å²) >= 11 is 7.66. The molecular weight excluding hydrogens is 304 g/mol. The van der Waals surface area contributed by atoms with E-state index in [1.807, 2.05) is 6.07 Å². The van der Waals surface area contributed by atoms with Gasteiger partial charge in [0.05, 0.1) is 17.2 Å². The molecule has 0 heterocycles. The minimum Gasteiger partial charge on any atom is -0.462 e. The van der Waals surface area contributed by atoms with Gasteiger partial charge >= 0.3 is 5.97 Å². The van der Waals surface area contributed by atoms with Gasteiger partial charge in [-0.25, -0.2) is 4.79 Å². The zero-order chi connectivity index (χ0) is 15.2. The Balaban J connectivity index is 2.20. The summed E-state index contributed by atoms with van der Waals surface area (Å²) in [6.45, 7) is 4.25. The van der Waals surface area contributed by atoms with Gasteiger partial charge < -0.3 is 4.74 Å². The van der Waals surface area contributed by atoms with E-state index >= 15 is 0 Å². The van der Waals surface area contributed by atoms with Crippen LogP contribution >= 0.6 is 23.4 Å². The van der Waals surface area contributed by atoms with Gasteiger partial charge in [0.25, 0.3) is 0 Å². The van der Waals surface area contributed by atoms with Gasteiger partial charge in [0.1, 0.15) is 0 Å². The van der Waals surface area contributed by atoms with Gasteiger partial charge in [-0.15, -0.1) is 0 Å². The van der Waals surface area contributed by atoms with Crippen LogP contribution in [0.4, 0.5) is 0 Å². The SMILES string of the molecule is CCOC(=O)c1cc(Sc2ccc(CC)cc2)ccc1Cl. The van der Waals surface area contributed by atoms with Crippen LogP contribution in [0.1, 0.15) is 29.8 Å². The maximum absolute atomic E-state index is 11.8. The Hall–Kier alpha value is -1.45. The van der Waals surface area contributed by atoms with Crippen molar-refractivity contribution in [2.24, 2.45) is 0 Å². The molecule has 2 aromatic carbocycles. The van der Waals surface area contributed by atoms with E-state index in [2.05, 4.69) is 31.2 Å². The fourth-order valence-electron chi connectivity index (χ4n) is 1.86. The number of hydrogen-bond donors (Lipinski definition) is 0. The van der Waals surface area contributed by atoms with Crippen molar-refractivity contribution in [3.63, 3.8) is 0 Å². The van der Waals surface area contributed by atoms with Gasteiger partial charge in [-0.05, 0) is 49.2 Å². The molecule has 0 fully saturated rings. The average Bonchev–Trinajstić information content (AvgIpc) is 2.50. The zero-order valence-electron chi connectivity index (χ0n) is 12.1. The van der Waals surface area contributed by atoms with Crippen molar-refractivity contribution >= 4 is 29.3 Å². The zero-order valence-corrected chi connectivity index (χ0v) is 13.6. The molecular formula is C17H17ClO2S. The summed E-state index contributed by atoms with van der Waals surface area (Å²) in [5, 5.41) is 0.416. The van der Waals surface area contributed by atoms with Crippen molar-refractivity contribution in [2.45, 2.75) is 30.1 Å². The second kappa shape index (κ2) is 7.53. The molecule has 0 saturated carbocycles. The Morgan fingerprint density at radius 3 is 2.38 bits per heavy atom. The highest BCUT2D eigenvalue weighted by Gasteiger charge is 2.12. The number of ether oxygens (including phenoxy) is 1. The van der Waals surface area contributed by atoms with Gasteiger partial charge in [-0.1, -0.05) is 42.4 Å². The quantitative estimate of drug-likeness (QED) is 0.705. The lowest BCUT2D eigenvalue weighted by Crippen LogP contribution is -2.05. The summed E-state index contributed by atoms with van der Waals surface area (Å²) in [4.78, 5) is 13.9. The Morgan fingerprint density at radius 1 is 1.10 bits per heavy atom. The van der Waals surface area contributed by atoms with E-state index in [-0.39, 0.29) is 5.97 Å². The Kier molecular flexibility index (Phi) is 5.71. The third-order valence-electron chi connectivity index (χ3n) is 3.00. The minimum absolute atomic E-state index is 0.338. The summed E-state index contributed by atoms with van der Waals surface area (Å²) in [6, 6.07) is 13.8. The van der Waals surface area contributed by atoms with E-state index < -0.39 is 0 Å². The molecule has 0 bridgehead atoms. The number of hydrogen-bond acceptors (Lipinski definition) is 3. The van der Waals surface area contributed by atoms with Crippen LogP contribution < -0.4 is 0 Å². The van der Waals surface area contributed by atoms with Crippen LogP contribution in [0.15, 0.2) is 52.3 Å². The maximum Gasteiger partial charge on any atom is 0.339 e. The molecule has 0 unspecified atom stereocenters. The molecule has 2 aromatic rings. The molecule has 0 radical (unpaired) electrons. The van der Waals surface area contributed by atoms with Gasteiger partial charge in [-0.2, -0.15) is 0 Å². The summed E-state index contributed by atoms with van der Waals surface area (Å²) in [6.07, 6.45) is 1.03. The minimum atomic E-state index is -0.383. The predicted octanol–water partition coefficient (Wildman–Crippen LogP) is 5.23. The number of esters is 1. The van der Waals surface area contributed by atoms with Crippen LogP contribution in [0.2, 0.25) is 5.02 Å². The second-order valence-electron chi connectivity index (χ2n) is 4.46. The first-order valence-corrected chi connectivity index (χ1v) is 8.07. The first-order chi connectivity index (χ1) is 10.1. The largest absolute Gasteiger partial charge is 0.462 e. The number of halogens is 1. The lowest BCUT2D eigenvalue weighted by Gasteiger charge is -2.07. The fourth-order valence-corrected chi connectivity index (χ4v) is 2.91. The number of aryl methyl sites for hydroxylation is 1. The lowest BCUT2D eigenvalue weighted by molar-refractivity contribution is 0.0526. The van der Waals surface area contributed by atoms with Crippen LogP contribution in [0.3, 0.4) is 0 Å². The summed E-state index contributed by atoms with van der Waals surface area (Å²) in [5.74, 6) is -0.383. The standard InChI is InChI=1S/C17H17ClO2S/c1-3-12-5-7-13(8-6-12)21-14-9-10-16(18)15(11-14)17(19)20-4-2/h5-11H,3-4H2,1-2H3. The molecule has 0 amide bonds. The van der Waals surface area contributed by atoms with Crippen molar-refractivity contribution in [2.75, 3.05) is 6.61 Å². The molecule has 2 rings (SSSR count). The van der Waals surface area contributed by atoms with E-state index in [4.69, 9.17) is 16.3 Å². The fraction of sp³-hybridized carbons (Fsp3) is 0.235. The third kappa shape index (κ3) is 4.26. The van der Waals surface area contributed by atoms with E-state index in [0.717, 1.165) is 16.2 Å². The Labute approximate surface area is 134 Å². The highest BCUT2D eigenvalue weighted by molar-refractivity contribution is 7.99. The van der Waals surface area contributed by atoms with Gasteiger partial charge in [0.2, 0.25) is 0 Å². The molecule has 0 aromatic heterocycles. The summed E-state index contributed by atoms with van der Waals surface area (Å²) in [5.41, 5.74) is 1.72.